The predicted molar refractivity (Wildman–Crippen MR) is 102 cm³/mol. The van der Waals surface area contributed by atoms with Crippen LogP contribution in [0, 0.1) is 13.8 Å². The van der Waals surface area contributed by atoms with Crippen LogP contribution in [0.1, 0.15) is 10.4 Å². The van der Waals surface area contributed by atoms with Crippen LogP contribution in [0.3, 0.4) is 0 Å². The third kappa shape index (κ3) is 1.91. The topological polar surface area (TPSA) is 26.0 Å². The first kappa shape index (κ1) is 13.8. The first-order chi connectivity index (χ1) is 11.7. The third-order valence-electron chi connectivity index (χ3n) is 4.46. The van der Waals surface area contributed by atoms with Crippen LogP contribution in [0.15, 0.2) is 59.1 Å². The zero-order valence-corrected chi connectivity index (χ0v) is 14.3. The van der Waals surface area contributed by atoms with Crippen molar-refractivity contribution in [3.05, 3.63) is 65.2 Å². The van der Waals surface area contributed by atoms with Crippen molar-refractivity contribution in [1.82, 2.24) is 4.98 Å². The molecule has 0 aliphatic rings. The fraction of sp³-hybridized carbons (Fsp3) is 0.0952. The molecule has 3 heteroatoms. The lowest BCUT2D eigenvalue weighted by Gasteiger charge is -2.02. The Morgan fingerprint density at radius 3 is 2.75 bits per heavy atom. The van der Waals surface area contributed by atoms with Crippen molar-refractivity contribution in [2.75, 3.05) is 0 Å². The summed E-state index contributed by atoms with van der Waals surface area (Å²) in [7, 11) is 0. The number of thiophene rings is 1. The van der Waals surface area contributed by atoms with Gasteiger partial charge in [0, 0.05) is 32.1 Å². The standard InChI is InChI=1S/C21H15NOS/c1-12-6-8-17(22-11-12)15-4-3-5-16-19-18(23-20(15)16)9-7-14-10-13(2)24-21(14)19/h3-11H,1-2H3. The molecule has 0 spiro atoms. The van der Waals surface area contributed by atoms with Gasteiger partial charge in [-0.05, 0) is 55.1 Å². The highest BCUT2D eigenvalue weighted by Crippen LogP contribution is 2.41. The molecule has 116 valence electrons. The van der Waals surface area contributed by atoms with E-state index in [4.69, 9.17) is 4.42 Å². The highest BCUT2D eigenvalue weighted by Gasteiger charge is 2.15. The van der Waals surface area contributed by atoms with Gasteiger partial charge >= 0.3 is 0 Å². The Morgan fingerprint density at radius 1 is 1.00 bits per heavy atom. The summed E-state index contributed by atoms with van der Waals surface area (Å²) in [5, 5.41) is 3.67. The molecule has 0 bridgehead atoms. The first-order valence-electron chi connectivity index (χ1n) is 7.98. The summed E-state index contributed by atoms with van der Waals surface area (Å²) in [6.07, 6.45) is 1.90. The second-order valence-electron chi connectivity index (χ2n) is 6.22. The second-order valence-corrected chi connectivity index (χ2v) is 7.48. The molecule has 0 atom stereocenters. The third-order valence-corrected chi connectivity index (χ3v) is 5.54. The van der Waals surface area contributed by atoms with E-state index in [0.717, 1.165) is 33.4 Å². The van der Waals surface area contributed by atoms with E-state index in [1.165, 1.54) is 20.3 Å². The van der Waals surface area contributed by atoms with Gasteiger partial charge in [0.25, 0.3) is 0 Å². The molecule has 0 fully saturated rings. The van der Waals surface area contributed by atoms with Crippen molar-refractivity contribution in [2.24, 2.45) is 0 Å². The quantitative estimate of drug-likeness (QED) is 0.352. The van der Waals surface area contributed by atoms with Crippen molar-refractivity contribution in [2.45, 2.75) is 13.8 Å². The molecule has 0 saturated heterocycles. The zero-order chi connectivity index (χ0) is 16.3. The maximum absolute atomic E-state index is 6.25. The van der Waals surface area contributed by atoms with Crippen LogP contribution in [-0.2, 0) is 0 Å². The van der Waals surface area contributed by atoms with Crippen LogP contribution >= 0.6 is 11.3 Å². The normalized spacial score (nSPS) is 11.8. The molecule has 24 heavy (non-hydrogen) atoms. The van der Waals surface area contributed by atoms with E-state index in [0.29, 0.717) is 0 Å². The van der Waals surface area contributed by atoms with Crippen molar-refractivity contribution in [1.29, 1.82) is 0 Å². The van der Waals surface area contributed by atoms with E-state index in [9.17, 15) is 0 Å². The van der Waals surface area contributed by atoms with Crippen LogP contribution in [0.25, 0.3) is 43.3 Å². The first-order valence-corrected chi connectivity index (χ1v) is 8.80. The van der Waals surface area contributed by atoms with Crippen molar-refractivity contribution in [3.8, 4) is 11.3 Å². The minimum Gasteiger partial charge on any atom is -0.455 e. The number of aromatic nitrogens is 1. The summed E-state index contributed by atoms with van der Waals surface area (Å²) >= 11 is 1.83. The van der Waals surface area contributed by atoms with Crippen LogP contribution in [0.4, 0.5) is 0 Å². The van der Waals surface area contributed by atoms with E-state index in [1.807, 2.05) is 17.5 Å². The van der Waals surface area contributed by atoms with Gasteiger partial charge in [0.2, 0.25) is 0 Å². The van der Waals surface area contributed by atoms with Crippen LogP contribution < -0.4 is 0 Å². The average Bonchev–Trinajstić information content (AvgIpc) is 3.14. The summed E-state index contributed by atoms with van der Waals surface area (Å²) in [4.78, 5) is 5.90. The minimum atomic E-state index is 0.919. The number of rotatable bonds is 1. The number of para-hydroxylation sites is 1. The van der Waals surface area contributed by atoms with E-state index in [-0.39, 0.29) is 0 Å². The van der Waals surface area contributed by atoms with Gasteiger partial charge in [0.1, 0.15) is 11.2 Å². The van der Waals surface area contributed by atoms with Gasteiger partial charge in [0.05, 0.1) is 5.69 Å². The van der Waals surface area contributed by atoms with E-state index in [2.05, 4.69) is 67.4 Å². The molecule has 2 aromatic carbocycles. The van der Waals surface area contributed by atoms with E-state index in [1.54, 1.807) is 0 Å². The highest BCUT2D eigenvalue weighted by molar-refractivity contribution is 7.20. The number of hydrogen-bond donors (Lipinski definition) is 0. The Balaban J connectivity index is 1.91. The Kier molecular flexibility index (Phi) is 2.82. The van der Waals surface area contributed by atoms with Crippen LogP contribution in [0.2, 0.25) is 0 Å². The highest BCUT2D eigenvalue weighted by atomic mass is 32.1. The average molecular weight is 329 g/mol. The summed E-state index contributed by atoms with van der Waals surface area (Å²) in [5.74, 6) is 0. The molecule has 5 aromatic rings. The number of benzene rings is 2. The van der Waals surface area contributed by atoms with Gasteiger partial charge < -0.3 is 4.42 Å². The van der Waals surface area contributed by atoms with Gasteiger partial charge in [-0.1, -0.05) is 18.2 Å². The van der Waals surface area contributed by atoms with Crippen LogP contribution in [0.5, 0.6) is 0 Å². The summed E-state index contributed by atoms with van der Waals surface area (Å²) < 4.78 is 7.56. The lowest BCUT2D eigenvalue weighted by Crippen LogP contribution is -1.84. The Bertz CT molecular complexity index is 1210. The molecular weight excluding hydrogens is 314 g/mol. The molecule has 0 amide bonds. The second kappa shape index (κ2) is 4.92. The fourth-order valence-electron chi connectivity index (χ4n) is 3.34. The molecule has 5 rings (SSSR count). The Hall–Kier alpha value is -2.65. The Morgan fingerprint density at radius 2 is 1.92 bits per heavy atom. The van der Waals surface area contributed by atoms with Gasteiger partial charge in [-0.15, -0.1) is 11.3 Å². The number of fused-ring (bicyclic) bond motifs is 5. The molecule has 0 saturated carbocycles. The number of pyridine rings is 1. The summed E-state index contributed by atoms with van der Waals surface area (Å²) in [6.45, 7) is 4.20. The largest absolute Gasteiger partial charge is 0.455 e. The number of nitrogens with zero attached hydrogens (tertiary/aromatic N) is 1. The predicted octanol–water partition coefficient (Wildman–Crippen LogP) is 6.48. The van der Waals surface area contributed by atoms with Gasteiger partial charge in [-0.25, -0.2) is 0 Å². The number of furan rings is 1. The molecule has 0 aliphatic carbocycles. The van der Waals surface area contributed by atoms with Gasteiger partial charge in [0.15, 0.2) is 0 Å². The van der Waals surface area contributed by atoms with Crippen molar-refractivity contribution >= 4 is 43.4 Å². The van der Waals surface area contributed by atoms with Gasteiger partial charge in [-0.3, -0.25) is 4.98 Å². The van der Waals surface area contributed by atoms with Gasteiger partial charge in [-0.2, -0.15) is 0 Å². The summed E-state index contributed by atoms with van der Waals surface area (Å²) in [6, 6.07) is 16.9. The lowest BCUT2D eigenvalue weighted by molar-refractivity contribution is 0.670. The molecule has 3 aromatic heterocycles. The Labute approximate surface area is 143 Å². The molecule has 0 N–H and O–H groups in total. The molecule has 0 radical (unpaired) electrons. The van der Waals surface area contributed by atoms with Crippen LogP contribution in [-0.4, -0.2) is 4.98 Å². The fourth-order valence-corrected chi connectivity index (χ4v) is 4.40. The minimum absolute atomic E-state index is 0.919. The van der Waals surface area contributed by atoms with E-state index >= 15 is 0 Å². The zero-order valence-electron chi connectivity index (χ0n) is 13.5. The van der Waals surface area contributed by atoms with Crippen molar-refractivity contribution in [3.63, 3.8) is 0 Å². The molecule has 2 nitrogen and oxygen atoms in total. The number of aryl methyl sites for hydroxylation is 2. The molecular formula is C21H15NOS. The molecule has 3 heterocycles. The van der Waals surface area contributed by atoms with E-state index < -0.39 is 0 Å². The monoisotopic (exact) mass is 329 g/mol. The maximum atomic E-state index is 6.25. The number of hydrogen-bond acceptors (Lipinski definition) is 3. The molecule has 0 aliphatic heterocycles. The lowest BCUT2D eigenvalue weighted by atomic mass is 10.1. The smallest absolute Gasteiger partial charge is 0.144 e. The maximum Gasteiger partial charge on any atom is 0.144 e. The summed E-state index contributed by atoms with van der Waals surface area (Å²) in [5.41, 5.74) is 5.02. The SMILES string of the molecule is Cc1ccc(-c2cccc3c2oc2ccc4cc(C)sc4c23)nc1. The van der Waals surface area contributed by atoms with Crippen molar-refractivity contribution < 1.29 is 4.42 Å². The molecule has 0 unspecified atom stereocenters.